The number of ether oxygens (including phenoxy) is 1. The maximum absolute atomic E-state index is 12.7. The molecule has 0 spiro atoms. The van der Waals surface area contributed by atoms with Gasteiger partial charge in [-0.25, -0.2) is 8.42 Å². The fourth-order valence-electron chi connectivity index (χ4n) is 2.81. The summed E-state index contributed by atoms with van der Waals surface area (Å²) in [6.07, 6.45) is -0.149. The van der Waals surface area contributed by atoms with E-state index in [1.807, 2.05) is 19.9 Å². The molecule has 7 heteroatoms. The second-order valence-corrected chi connectivity index (χ2v) is 7.85. The van der Waals surface area contributed by atoms with Crippen molar-refractivity contribution in [3.8, 4) is 5.75 Å². The molecule has 0 saturated carbocycles. The van der Waals surface area contributed by atoms with E-state index in [4.69, 9.17) is 4.74 Å². The third-order valence-corrected chi connectivity index (χ3v) is 5.33. The number of sulfonamides is 1. The number of nitrogens with one attached hydrogen (secondary N) is 1. The number of amides is 1. The van der Waals surface area contributed by atoms with Crippen molar-refractivity contribution in [2.24, 2.45) is 0 Å². The minimum atomic E-state index is -3.77. The van der Waals surface area contributed by atoms with Gasteiger partial charge in [-0.1, -0.05) is 12.1 Å². The Labute approximate surface area is 147 Å². The van der Waals surface area contributed by atoms with Crippen LogP contribution in [0.1, 0.15) is 19.4 Å². The monoisotopic (exact) mass is 360 g/mol. The molecule has 2 aromatic rings. The molecular weight excluding hydrogens is 340 g/mol. The number of aryl methyl sites for hydroxylation is 1. The van der Waals surface area contributed by atoms with Crippen LogP contribution in [0, 0.1) is 6.92 Å². The quantitative estimate of drug-likeness (QED) is 0.913. The zero-order valence-corrected chi connectivity index (χ0v) is 15.1. The molecule has 1 aliphatic heterocycles. The highest BCUT2D eigenvalue weighted by Crippen LogP contribution is 2.35. The molecule has 0 saturated heterocycles. The van der Waals surface area contributed by atoms with Gasteiger partial charge in [0, 0.05) is 12.6 Å². The predicted octanol–water partition coefficient (Wildman–Crippen LogP) is 2.93. The lowest BCUT2D eigenvalue weighted by atomic mass is 10.2. The molecule has 0 bridgehead atoms. The van der Waals surface area contributed by atoms with Gasteiger partial charge >= 0.3 is 0 Å². The van der Waals surface area contributed by atoms with E-state index in [0.717, 1.165) is 5.56 Å². The van der Waals surface area contributed by atoms with Gasteiger partial charge in [-0.05, 0) is 49.7 Å². The van der Waals surface area contributed by atoms with Crippen LogP contribution in [0.3, 0.4) is 0 Å². The second kappa shape index (κ2) is 6.40. The highest BCUT2D eigenvalue weighted by atomic mass is 32.2. The molecule has 1 N–H and O–H groups in total. The minimum Gasteiger partial charge on any atom is -0.487 e. The molecule has 1 unspecified atom stereocenters. The van der Waals surface area contributed by atoms with Gasteiger partial charge < -0.3 is 9.64 Å². The van der Waals surface area contributed by atoms with Gasteiger partial charge in [0.15, 0.2) is 0 Å². The molecule has 1 heterocycles. The molecule has 25 heavy (non-hydrogen) atoms. The molecule has 6 nitrogen and oxygen atoms in total. The van der Waals surface area contributed by atoms with Crippen LogP contribution >= 0.6 is 0 Å². The number of benzene rings is 2. The highest BCUT2D eigenvalue weighted by Gasteiger charge is 2.27. The van der Waals surface area contributed by atoms with E-state index in [0.29, 0.717) is 23.7 Å². The van der Waals surface area contributed by atoms with E-state index >= 15 is 0 Å². The number of fused-ring (bicyclic) bond motifs is 1. The van der Waals surface area contributed by atoms with E-state index in [1.165, 1.54) is 24.0 Å². The first kappa shape index (κ1) is 17.3. The standard InChI is InChI=1S/C18H20N2O4S/c1-12-5-4-6-15(9-12)19-25(22,23)16-7-8-18-17(10-16)20(14(3)21)11-13(2)24-18/h4-10,13,19H,11H2,1-3H3. The van der Waals surface area contributed by atoms with Crippen molar-refractivity contribution < 1.29 is 17.9 Å². The van der Waals surface area contributed by atoms with Crippen LogP contribution in [0.2, 0.25) is 0 Å². The van der Waals surface area contributed by atoms with Crippen molar-refractivity contribution in [2.45, 2.75) is 31.8 Å². The number of hydrogen-bond acceptors (Lipinski definition) is 4. The summed E-state index contributed by atoms with van der Waals surface area (Å²) in [5, 5.41) is 0. The Bertz CT molecular complexity index is 924. The van der Waals surface area contributed by atoms with Gasteiger partial charge in [0.25, 0.3) is 10.0 Å². The zero-order chi connectivity index (χ0) is 18.2. The molecule has 3 rings (SSSR count). The normalized spacial score (nSPS) is 16.8. The van der Waals surface area contributed by atoms with Crippen LogP contribution < -0.4 is 14.4 Å². The van der Waals surface area contributed by atoms with Gasteiger partial charge in [0.2, 0.25) is 5.91 Å². The lowest BCUT2D eigenvalue weighted by Gasteiger charge is -2.33. The Morgan fingerprint density at radius 2 is 2.00 bits per heavy atom. The lowest BCUT2D eigenvalue weighted by molar-refractivity contribution is -0.117. The number of rotatable bonds is 3. The molecule has 132 valence electrons. The van der Waals surface area contributed by atoms with Gasteiger partial charge in [-0.2, -0.15) is 0 Å². The maximum Gasteiger partial charge on any atom is 0.261 e. The van der Waals surface area contributed by atoms with E-state index in [9.17, 15) is 13.2 Å². The maximum atomic E-state index is 12.7. The average molecular weight is 360 g/mol. The lowest BCUT2D eigenvalue weighted by Crippen LogP contribution is -2.41. The first-order chi connectivity index (χ1) is 11.8. The highest BCUT2D eigenvalue weighted by molar-refractivity contribution is 7.92. The van der Waals surface area contributed by atoms with Crippen molar-refractivity contribution in [1.82, 2.24) is 0 Å². The van der Waals surface area contributed by atoms with E-state index in [-0.39, 0.29) is 16.9 Å². The van der Waals surface area contributed by atoms with E-state index in [1.54, 1.807) is 24.3 Å². The molecule has 0 fully saturated rings. The van der Waals surface area contributed by atoms with Gasteiger partial charge in [0.1, 0.15) is 11.9 Å². The van der Waals surface area contributed by atoms with Crippen molar-refractivity contribution in [2.75, 3.05) is 16.2 Å². The largest absolute Gasteiger partial charge is 0.487 e. The van der Waals surface area contributed by atoms with Gasteiger partial charge in [0.05, 0.1) is 17.1 Å². The summed E-state index contributed by atoms with van der Waals surface area (Å²) >= 11 is 0. The van der Waals surface area contributed by atoms with Crippen LogP contribution in [0.25, 0.3) is 0 Å². The fraction of sp³-hybridized carbons (Fsp3) is 0.278. The topological polar surface area (TPSA) is 75.7 Å². The van der Waals surface area contributed by atoms with Crippen molar-refractivity contribution in [1.29, 1.82) is 0 Å². The average Bonchev–Trinajstić information content (AvgIpc) is 2.53. The number of anilines is 2. The minimum absolute atomic E-state index is 0.0807. The van der Waals surface area contributed by atoms with Crippen LogP contribution in [0.15, 0.2) is 47.4 Å². The zero-order valence-electron chi connectivity index (χ0n) is 14.3. The van der Waals surface area contributed by atoms with E-state index < -0.39 is 10.0 Å². The van der Waals surface area contributed by atoms with Gasteiger partial charge in [-0.3, -0.25) is 9.52 Å². The summed E-state index contributed by atoms with van der Waals surface area (Å²) in [6.45, 7) is 5.59. The molecule has 2 aromatic carbocycles. The summed E-state index contributed by atoms with van der Waals surface area (Å²) < 4.78 is 33.6. The smallest absolute Gasteiger partial charge is 0.261 e. The SMILES string of the molecule is CC(=O)N1CC(C)Oc2ccc(S(=O)(=O)Nc3cccc(C)c3)cc21. The number of carbonyl (C=O) groups excluding carboxylic acids is 1. The Morgan fingerprint density at radius 3 is 2.68 bits per heavy atom. The number of hydrogen-bond donors (Lipinski definition) is 1. The van der Waals surface area contributed by atoms with Crippen molar-refractivity contribution in [3.63, 3.8) is 0 Å². The van der Waals surface area contributed by atoms with E-state index in [2.05, 4.69) is 4.72 Å². The van der Waals surface area contributed by atoms with Gasteiger partial charge in [-0.15, -0.1) is 0 Å². The van der Waals surface area contributed by atoms with Crippen LogP contribution in [-0.2, 0) is 14.8 Å². The third kappa shape index (κ3) is 3.61. The Balaban J connectivity index is 1.98. The summed E-state index contributed by atoms with van der Waals surface area (Å²) in [5.74, 6) is 0.348. The van der Waals surface area contributed by atoms with Crippen molar-refractivity contribution in [3.05, 3.63) is 48.0 Å². The molecule has 1 atom stereocenters. The third-order valence-electron chi connectivity index (χ3n) is 3.95. The number of carbonyl (C=O) groups is 1. The summed E-state index contributed by atoms with van der Waals surface area (Å²) in [7, 11) is -3.77. The Hall–Kier alpha value is -2.54. The molecule has 1 amide bonds. The fourth-order valence-corrected chi connectivity index (χ4v) is 3.87. The van der Waals surface area contributed by atoms with Crippen molar-refractivity contribution >= 4 is 27.3 Å². The Morgan fingerprint density at radius 1 is 1.24 bits per heavy atom. The predicted molar refractivity (Wildman–Crippen MR) is 96.5 cm³/mol. The summed E-state index contributed by atoms with van der Waals surface area (Å²) in [6, 6.07) is 11.7. The molecular formula is C18H20N2O4S. The van der Waals surface area contributed by atoms with Crippen LogP contribution in [0.4, 0.5) is 11.4 Å². The van der Waals surface area contributed by atoms with Crippen LogP contribution in [-0.4, -0.2) is 27.0 Å². The van der Waals surface area contributed by atoms with Crippen LogP contribution in [0.5, 0.6) is 5.75 Å². The first-order valence-corrected chi connectivity index (χ1v) is 9.43. The molecule has 0 aliphatic carbocycles. The summed E-state index contributed by atoms with van der Waals surface area (Å²) in [4.78, 5) is 13.5. The summed E-state index contributed by atoms with van der Waals surface area (Å²) in [5.41, 5.74) is 1.92. The Kier molecular flexibility index (Phi) is 4.43. The molecule has 0 radical (unpaired) electrons. The second-order valence-electron chi connectivity index (χ2n) is 6.16. The first-order valence-electron chi connectivity index (χ1n) is 7.94. The molecule has 0 aromatic heterocycles. The molecule has 1 aliphatic rings. The number of nitrogens with zero attached hydrogens (tertiary/aromatic N) is 1.